The van der Waals surface area contributed by atoms with Crippen molar-refractivity contribution in [3.05, 3.63) is 81.7 Å². The van der Waals surface area contributed by atoms with Gasteiger partial charge in [-0.2, -0.15) is 4.57 Å². The Kier molecular flexibility index (Phi) is 7.28. The summed E-state index contributed by atoms with van der Waals surface area (Å²) in [6.45, 7) is 5.71. The van der Waals surface area contributed by atoms with Gasteiger partial charge in [0.15, 0.2) is 6.54 Å². The molecule has 0 amide bonds. The number of nitrogens with zero attached hydrogens (tertiary/aromatic N) is 2. The minimum atomic E-state index is -4.27. The van der Waals surface area contributed by atoms with Crippen LogP contribution in [0, 0.1) is 0 Å². The van der Waals surface area contributed by atoms with Crippen molar-refractivity contribution in [2.45, 2.75) is 38.1 Å². The molecule has 0 atom stereocenters. The van der Waals surface area contributed by atoms with E-state index in [1.807, 2.05) is 23.9 Å². The summed E-state index contributed by atoms with van der Waals surface area (Å²) in [5, 5.41) is 8.01. The molecule has 200 valence electrons. The van der Waals surface area contributed by atoms with Crippen LogP contribution in [0.25, 0.3) is 37.2 Å². The van der Waals surface area contributed by atoms with Gasteiger partial charge in [0.05, 0.1) is 26.2 Å². The van der Waals surface area contributed by atoms with Crippen LogP contribution >= 0.6 is 34.4 Å². The molecule has 0 bridgehead atoms. The fourth-order valence-corrected chi connectivity index (χ4v) is 8.91. The van der Waals surface area contributed by atoms with Crippen molar-refractivity contribution < 1.29 is 17.5 Å². The molecule has 5 aromatic rings. The molecule has 0 fully saturated rings. The fraction of sp³-hybridized carbons (Fsp3) is 0.233. The Balaban J connectivity index is 1.44. The van der Waals surface area contributed by atoms with Gasteiger partial charge in [0.2, 0.25) is 5.52 Å². The third-order valence-electron chi connectivity index (χ3n) is 7.05. The third kappa shape index (κ3) is 5.14. The zero-order valence-electron chi connectivity index (χ0n) is 21.7. The Labute approximate surface area is 240 Å². The number of fused-ring (bicyclic) bond motifs is 6. The zero-order valence-corrected chi connectivity index (χ0v) is 25.0. The average molecular weight is 593 g/mol. The Bertz CT molecular complexity index is 1880. The monoisotopic (exact) mass is 592 g/mol. The van der Waals surface area contributed by atoms with Crippen LogP contribution in [0.3, 0.4) is 0 Å². The summed E-state index contributed by atoms with van der Waals surface area (Å²) in [6.07, 6.45) is 5.66. The van der Waals surface area contributed by atoms with Crippen molar-refractivity contribution in [2.24, 2.45) is 0 Å². The van der Waals surface area contributed by atoms with Crippen molar-refractivity contribution in [3.63, 3.8) is 0 Å². The second kappa shape index (κ2) is 10.7. The fourth-order valence-electron chi connectivity index (χ4n) is 5.23. The first kappa shape index (κ1) is 26.5. The maximum Gasteiger partial charge on any atom is 0.263 e. The van der Waals surface area contributed by atoms with Gasteiger partial charge >= 0.3 is 0 Å². The van der Waals surface area contributed by atoms with E-state index in [-0.39, 0.29) is 12.2 Å². The van der Waals surface area contributed by atoms with Gasteiger partial charge in [-0.05, 0) is 66.1 Å². The van der Waals surface area contributed by atoms with Crippen LogP contribution in [0.4, 0.5) is 5.69 Å². The molecule has 0 spiro atoms. The largest absolute Gasteiger partial charge is 0.748 e. The average Bonchev–Trinajstić information content (AvgIpc) is 3.62. The Hall–Kier alpha value is -2.69. The van der Waals surface area contributed by atoms with Gasteiger partial charge in [0.1, 0.15) is 4.70 Å². The van der Waals surface area contributed by atoms with Gasteiger partial charge in [-0.1, -0.05) is 54.3 Å². The van der Waals surface area contributed by atoms with Crippen LogP contribution < -0.4 is 9.47 Å². The predicted molar refractivity (Wildman–Crippen MR) is 166 cm³/mol. The number of hydrogen-bond donors (Lipinski definition) is 0. The highest BCUT2D eigenvalue weighted by molar-refractivity contribution is 8.03. The summed E-state index contributed by atoms with van der Waals surface area (Å²) in [5.41, 5.74) is 3.59. The molecular formula is C30H28N2O3S4. The van der Waals surface area contributed by atoms with Crippen molar-refractivity contribution in [3.8, 4) is 0 Å². The quantitative estimate of drug-likeness (QED) is 0.136. The first-order chi connectivity index (χ1) is 18.9. The molecule has 0 radical (unpaired) electrons. The van der Waals surface area contributed by atoms with Gasteiger partial charge in [0, 0.05) is 39.8 Å². The second-order valence-electron chi connectivity index (χ2n) is 9.49. The maximum atomic E-state index is 11.4. The zero-order chi connectivity index (χ0) is 27.1. The summed E-state index contributed by atoms with van der Waals surface area (Å²) >= 11 is 5.30. The number of allylic oxidation sites excluding steroid dienone is 2. The molecule has 1 aliphatic rings. The first-order valence-corrected chi connectivity index (χ1v) is 17.1. The smallest absolute Gasteiger partial charge is 0.263 e. The minimum Gasteiger partial charge on any atom is -0.748 e. The van der Waals surface area contributed by atoms with Crippen LogP contribution in [-0.4, -0.2) is 25.3 Å². The molecule has 5 nitrogen and oxygen atoms in total. The molecule has 3 heterocycles. The number of anilines is 1. The normalized spacial score (nSPS) is 15.3. The summed E-state index contributed by atoms with van der Waals surface area (Å²) in [4.78, 5) is 3.69. The molecule has 0 unspecified atom stereocenters. The van der Waals surface area contributed by atoms with Crippen LogP contribution in [-0.2, 0) is 16.7 Å². The van der Waals surface area contributed by atoms with E-state index in [0.29, 0.717) is 6.54 Å². The predicted octanol–water partition coefficient (Wildman–Crippen LogP) is 7.76. The SMILES string of the molecule is CCC(/C=C1\Sc2ccc3sccc3c2N1CC)=C\c1sc2ccc3ccccc3c2[n+]1CCCS(=O)(=O)[O-]. The molecule has 0 saturated heterocycles. The van der Waals surface area contributed by atoms with Gasteiger partial charge in [-0.15, -0.1) is 11.3 Å². The van der Waals surface area contributed by atoms with Crippen LogP contribution in [0.5, 0.6) is 0 Å². The molecule has 6 rings (SSSR count). The molecule has 9 heteroatoms. The highest BCUT2D eigenvalue weighted by atomic mass is 32.2. The molecule has 1 aliphatic heterocycles. The number of rotatable bonds is 8. The molecular weight excluding hydrogens is 565 g/mol. The van der Waals surface area contributed by atoms with Gasteiger partial charge in [-0.3, -0.25) is 0 Å². The number of benzene rings is 3. The molecule has 3 aromatic carbocycles. The second-order valence-corrected chi connectivity index (χ2v) is 14.1. The van der Waals surface area contributed by atoms with E-state index in [0.717, 1.165) is 39.0 Å². The first-order valence-electron chi connectivity index (χ1n) is 13.0. The van der Waals surface area contributed by atoms with Crippen molar-refractivity contribution >= 4 is 87.4 Å². The topological polar surface area (TPSA) is 64.3 Å². The molecule has 0 saturated carbocycles. The highest BCUT2D eigenvalue weighted by Gasteiger charge is 2.27. The molecule has 2 aromatic heterocycles. The number of thiophene rings is 1. The van der Waals surface area contributed by atoms with Gasteiger partial charge in [0.25, 0.3) is 5.01 Å². The van der Waals surface area contributed by atoms with Crippen molar-refractivity contribution in [2.75, 3.05) is 17.2 Å². The van der Waals surface area contributed by atoms with Gasteiger partial charge in [-0.25, -0.2) is 8.42 Å². The number of aryl methyl sites for hydroxylation is 1. The van der Waals surface area contributed by atoms with Crippen molar-refractivity contribution in [1.29, 1.82) is 0 Å². The minimum absolute atomic E-state index is 0.278. The molecule has 0 N–H and O–H groups in total. The van der Waals surface area contributed by atoms with Gasteiger partial charge < -0.3 is 9.45 Å². The summed E-state index contributed by atoms with van der Waals surface area (Å²) in [6, 6.07) is 19.2. The lowest BCUT2D eigenvalue weighted by molar-refractivity contribution is -0.667. The summed E-state index contributed by atoms with van der Waals surface area (Å²) < 4.78 is 38.7. The van der Waals surface area contributed by atoms with E-state index >= 15 is 0 Å². The van der Waals surface area contributed by atoms with E-state index in [1.54, 1.807) is 22.7 Å². The lowest BCUT2D eigenvalue weighted by atomic mass is 10.1. The standard InChI is InChI=1S/C30H28N2O3S4/c1-3-20(18-27-31(4-2)30-23-14-16-36-24(23)12-13-26(30)37-27)19-28-32(15-7-17-39(33,34)35)29-22-9-6-5-8-21(22)10-11-25(29)38-28/h5-6,8-14,16,18-19H,3-4,7,15,17H2,1-2H3. The number of aromatic nitrogens is 1. The van der Waals surface area contributed by atoms with Crippen LogP contribution in [0.15, 0.2) is 81.6 Å². The Morgan fingerprint density at radius 3 is 2.64 bits per heavy atom. The summed E-state index contributed by atoms with van der Waals surface area (Å²) in [7, 11) is -4.27. The number of hydrogen-bond acceptors (Lipinski definition) is 7. The number of thiazole rings is 1. The van der Waals surface area contributed by atoms with E-state index in [2.05, 4.69) is 83.3 Å². The third-order valence-corrected chi connectivity index (χ3v) is 10.9. The summed E-state index contributed by atoms with van der Waals surface area (Å²) in [5.74, 6) is -0.368. The van der Waals surface area contributed by atoms with Crippen molar-refractivity contribution in [1.82, 2.24) is 0 Å². The Morgan fingerprint density at radius 1 is 1.03 bits per heavy atom. The molecule has 0 aliphatic carbocycles. The van der Waals surface area contributed by atoms with E-state index < -0.39 is 10.1 Å². The molecule has 39 heavy (non-hydrogen) atoms. The van der Waals surface area contributed by atoms with E-state index in [4.69, 9.17) is 0 Å². The maximum absolute atomic E-state index is 11.4. The lowest BCUT2D eigenvalue weighted by Crippen LogP contribution is -2.36. The number of thioether (sulfide) groups is 1. The van der Waals surface area contributed by atoms with E-state index in [9.17, 15) is 13.0 Å². The van der Waals surface area contributed by atoms with Crippen LogP contribution in [0.2, 0.25) is 0 Å². The lowest BCUT2D eigenvalue weighted by Gasteiger charge is -2.19. The Morgan fingerprint density at radius 2 is 1.85 bits per heavy atom. The van der Waals surface area contributed by atoms with E-state index in [1.165, 1.54) is 31.3 Å². The highest BCUT2D eigenvalue weighted by Crippen LogP contribution is 2.50. The van der Waals surface area contributed by atoms with Crippen LogP contribution in [0.1, 0.15) is 31.7 Å².